The number of carbonyl (C=O) groups is 2. The van der Waals surface area contributed by atoms with Gasteiger partial charge in [-0.1, -0.05) is 0 Å². The zero-order chi connectivity index (χ0) is 14.2. The minimum Gasteiger partial charge on any atom is -0.374 e. The third-order valence-corrected chi connectivity index (χ3v) is 4.27. The van der Waals surface area contributed by atoms with Crippen LogP contribution in [0.3, 0.4) is 0 Å². The maximum atomic E-state index is 12.6. The summed E-state index contributed by atoms with van der Waals surface area (Å²) in [5.41, 5.74) is 0.289. The van der Waals surface area contributed by atoms with Crippen LogP contribution in [0.2, 0.25) is 0 Å². The second kappa shape index (κ2) is 5.06. The molecule has 1 aromatic heterocycles. The van der Waals surface area contributed by atoms with Crippen LogP contribution in [0.25, 0.3) is 0 Å². The van der Waals surface area contributed by atoms with Crippen LogP contribution in [-0.4, -0.2) is 41.4 Å². The van der Waals surface area contributed by atoms with E-state index >= 15 is 0 Å². The minimum atomic E-state index is -0.316. The lowest BCUT2D eigenvalue weighted by Gasteiger charge is -2.44. The van der Waals surface area contributed by atoms with Gasteiger partial charge in [-0.3, -0.25) is 9.59 Å². The van der Waals surface area contributed by atoms with Crippen LogP contribution in [0.5, 0.6) is 0 Å². The number of nitrogens with zero attached hydrogens (tertiary/aromatic N) is 1. The molecule has 0 saturated carbocycles. The summed E-state index contributed by atoms with van der Waals surface area (Å²) in [7, 11) is 0. The highest BCUT2D eigenvalue weighted by Crippen LogP contribution is 2.26. The highest BCUT2D eigenvalue weighted by atomic mass is 32.1. The van der Waals surface area contributed by atoms with Crippen molar-refractivity contribution in [2.24, 2.45) is 0 Å². The summed E-state index contributed by atoms with van der Waals surface area (Å²) in [4.78, 5) is 26.3. The van der Waals surface area contributed by atoms with Gasteiger partial charge in [-0.15, -0.1) is 11.3 Å². The van der Waals surface area contributed by atoms with Gasteiger partial charge in [-0.25, -0.2) is 0 Å². The van der Waals surface area contributed by atoms with Gasteiger partial charge >= 0.3 is 0 Å². The molecule has 0 aliphatic carbocycles. The Hall–Kier alpha value is -1.20. The Balaban J connectivity index is 2.23. The first kappa shape index (κ1) is 14.2. The van der Waals surface area contributed by atoms with Crippen LogP contribution < -0.4 is 0 Å². The Labute approximate surface area is 117 Å². The fourth-order valence-corrected chi connectivity index (χ4v) is 3.00. The van der Waals surface area contributed by atoms with Crippen molar-refractivity contribution in [3.05, 3.63) is 21.9 Å². The second-order valence-corrected chi connectivity index (χ2v) is 6.52. The molecule has 5 heteroatoms. The topological polar surface area (TPSA) is 46.6 Å². The minimum absolute atomic E-state index is 0.00935. The molecule has 0 aromatic carbocycles. The zero-order valence-corrected chi connectivity index (χ0v) is 12.5. The molecule has 1 atom stereocenters. The number of ketones is 1. The van der Waals surface area contributed by atoms with Crippen LogP contribution in [0.15, 0.2) is 11.4 Å². The average molecular weight is 281 g/mol. The number of Topliss-reactive ketones (excluding diaryl/α,β-unsaturated/α-hetero) is 1. The summed E-state index contributed by atoms with van der Waals surface area (Å²) in [6.45, 7) is 8.58. The molecule has 1 unspecified atom stereocenters. The van der Waals surface area contributed by atoms with Gasteiger partial charge in [0.2, 0.25) is 0 Å². The van der Waals surface area contributed by atoms with Crippen molar-refractivity contribution in [2.45, 2.75) is 39.3 Å². The molecular weight excluding hydrogens is 262 g/mol. The van der Waals surface area contributed by atoms with Gasteiger partial charge in [0, 0.05) is 17.5 Å². The predicted molar refractivity (Wildman–Crippen MR) is 74.9 cm³/mol. The van der Waals surface area contributed by atoms with Crippen molar-refractivity contribution in [3.8, 4) is 0 Å². The largest absolute Gasteiger partial charge is 0.374 e. The van der Waals surface area contributed by atoms with Gasteiger partial charge in [0.15, 0.2) is 5.78 Å². The fraction of sp³-hybridized carbons (Fsp3) is 0.571. The molecule has 0 spiro atoms. The van der Waals surface area contributed by atoms with Crippen molar-refractivity contribution >= 4 is 23.0 Å². The van der Waals surface area contributed by atoms with Crippen LogP contribution in [0.4, 0.5) is 0 Å². The maximum Gasteiger partial charge on any atom is 0.264 e. The third kappa shape index (κ3) is 2.87. The summed E-state index contributed by atoms with van der Waals surface area (Å²) in [6.07, 6.45) is 0.0456. The molecule has 1 aliphatic rings. The zero-order valence-electron chi connectivity index (χ0n) is 11.7. The highest BCUT2D eigenvalue weighted by molar-refractivity contribution is 7.12. The monoisotopic (exact) mass is 281 g/mol. The van der Waals surface area contributed by atoms with E-state index in [1.807, 2.05) is 25.7 Å². The fourth-order valence-electron chi connectivity index (χ4n) is 2.10. The van der Waals surface area contributed by atoms with E-state index in [0.29, 0.717) is 23.6 Å². The van der Waals surface area contributed by atoms with Crippen LogP contribution in [-0.2, 0) is 4.74 Å². The van der Waals surface area contributed by atoms with Gasteiger partial charge in [-0.05, 0) is 33.8 Å². The molecule has 1 fully saturated rings. The number of ether oxygens (including phenoxy) is 1. The first-order valence-electron chi connectivity index (χ1n) is 6.34. The molecule has 2 heterocycles. The molecule has 0 radical (unpaired) electrons. The quantitative estimate of drug-likeness (QED) is 0.783. The van der Waals surface area contributed by atoms with E-state index in [9.17, 15) is 9.59 Å². The summed E-state index contributed by atoms with van der Waals surface area (Å²) in [6, 6.07) is 1.69. The Morgan fingerprint density at radius 3 is 2.74 bits per heavy atom. The second-order valence-electron chi connectivity index (χ2n) is 5.61. The van der Waals surface area contributed by atoms with Gasteiger partial charge in [-0.2, -0.15) is 0 Å². The lowest BCUT2D eigenvalue weighted by Crippen LogP contribution is -2.57. The maximum absolute atomic E-state index is 12.6. The highest BCUT2D eigenvalue weighted by Gasteiger charge is 2.37. The van der Waals surface area contributed by atoms with E-state index in [0.717, 1.165) is 0 Å². The lowest BCUT2D eigenvalue weighted by molar-refractivity contribution is -0.0754. The van der Waals surface area contributed by atoms with Crippen molar-refractivity contribution in [1.29, 1.82) is 0 Å². The van der Waals surface area contributed by atoms with Crippen molar-refractivity contribution in [2.75, 3.05) is 13.2 Å². The molecule has 1 aliphatic heterocycles. The van der Waals surface area contributed by atoms with E-state index < -0.39 is 0 Å². The summed E-state index contributed by atoms with van der Waals surface area (Å²) in [5.74, 6) is -0.0254. The number of hydrogen-bond donors (Lipinski definition) is 0. The molecule has 104 valence electrons. The van der Waals surface area contributed by atoms with Gasteiger partial charge in [0.25, 0.3) is 5.91 Å². The summed E-state index contributed by atoms with van der Waals surface area (Å²) >= 11 is 1.33. The number of amides is 1. The van der Waals surface area contributed by atoms with Gasteiger partial charge < -0.3 is 9.64 Å². The predicted octanol–water partition coefficient (Wildman–Crippen LogP) is 2.59. The van der Waals surface area contributed by atoms with E-state index in [1.54, 1.807) is 11.4 Å². The molecule has 1 aromatic rings. The Morgan fingerprint density at radius 2 is 2.16 bits per heavy atom. The Morgan fingerprint density at radius 1 is 1.47 bits per heavy atom. The van der Waals surface area contributed by atoms with Crippen molar-refractivity contribution in [1.82, 2.24) is 4.90 Å². The van der Waals surface area contributed by atoms with Gasteiger partial charge in [0.1, 0.15) is 0 Å². The third-order valence-electron chi connectivity index (χ3n) is 3.35. The molecular formula is C14H19NO3S. The summed E-state index contributed by atoms with van der Waals surface area (Å²) < 4.78 is 5.61. The Kier molecular flexibility index (Phi) is 3.78. The van der Waals surface area contributed by atoms with Crippen LogP contribution in [0.1, 0.15) is 47.7 Å². The molecule has 4 nitrogen and oxygen atoms in total. The molecule has 1 saturated heterocycles. The first-order chi connectivity index (χ1) is 8.81. The lowest BCUT2D eigenvalue weighted by atomic mass is 10.0. The SMILES string of the molecule is CC(=O)c1csc(C(=O)N2CC(C)OCC2(C)C)c1. The van der Waals surface area contributed by atoms with Crippen LogP contribution >= 0.6 is 11.3 Å². The Bertz CT molecular complexity index is 507. The van der Waals surface area contributed by atoms with Crippen LogP contribution in [0, 0.1) is 0 Å². The van der Waals surface area contributed by atoms with Crippen molar-refractivity contribution < 1.29 is 14.3 Å². The molecule has 2 rings (SSSR count). The average Bonchev–Trinajstić information content (AvgIpc) is 2.81. The molecule has 19 heavy (non-hydrogen) atoms. The van der Waals surface area contributed by atoms with E-state index in [1.165, 1.54) is 18.3 Å². The van der Waals surface area contributed by atoms with Gasteiger partial charge in [0.05, 0.1) is 23.1 Å². The number of morpholine rings is 1. The smallest absolute Gasteiger partial charge is 0.264 e. The standard InChI is InChI=1S/C14H19NO3S/c1-9-6-15(14(3,4)8-18-9)13(17)12-5-11(7-19-12)10(2)16/h5,7,9H,6,8H2,1-4H3. The molecule has 1 amide bonds. The van der Waals surface area contributed by atoms with E-state index in [2.05, 4.69) is 0 Å². The van der Waals surface area contributed by atoms with E-state index in [4.69, 9.17) is 4.74 Å². The number of rotatable bonds is 2. The summed E-state index contributed by atoms with van der Waals surface area (Å²) in [5, 5.41) is 1.74. The normalized spacial score (nSPS) is 22.3. The van der Waals surface area contributed by atoms with E-state index in [-0.39, 0.29) is 23.3 Å². The van der Waals surface area contributed by atoms with Crippen molar-refractivity contribution in [3.63, 3.8) is 0 Å². The molecule has 0 bridgehead atoms. The first-order valence-corrected chi connectivity index (χ1v) is 7.22. The molecule has 0 N–H and O–H groups in total. The number of hydrogen-bond acceptors (Lipinski definition) is 4. The number of thiophene rings is 1. The number of carbonyl (C=O) groups excluding carboxylic acids is 2.